The van der Waals surface area contributed by atoms with E-state index in [1.54, 1.807) is 26.1 Å². The van der Waals surface area contributed by atoms with E-state index in [9.17, 15) is 4.79 Å². The number of carbonyl (C=O) groups is 1. The molecule has 1 amide bonds. The molecular weight excluding hydrogens is 541 g/mol. The molecule has 1 aliphatic rings. The molecule has 1 fully saturated rings. The van der Waals surface area contributed by atoms with E-state index in [-0.39, 0.29) is 42.5 Å². The molecule has 0 aromatic heterocycles. The van der Waals surface area contributed by atoms with Gasteiger partial charge in [-0.2, -0.15) is 0 Å². The van der Waals surface area contributed by atoms with Crippen LogP contribution in [0.15, 0.2) is 53.5 Å². The zero-order valence-electron chi connectivity index (χ0n) is 18.7. The van der Waals surface area contributed by atoms with Crippen LogP contribution in [0.4, 0.5) is 5.69 Å². The number of likely N-dealkylation sites (N-methyl/N-ethyl adjacent to an activating group) is 1. The Hall–Kier alpha value is -2.20. The average molecular weight is 572 g/mol. The van der Waals surface area contributed by atoms with Gasteiger partial charge in [0.2, 0.25) is 5.91 Å². The fourth-order valence-corrected chi connectivity index (χ4v) is 3.46. The zero-order valence-corrected chi connectivity index (χ0v) is 21.8. The molecule has 7 nitrogen and oxygen atoms in total. The van der Waals surface area contributed by atoms with Crippen LogP contribution in [0.25, 0.3) is 0 Å². The summed E-state index contributed by atoms with van der Waals surface area (Å²) in [7, 11) is 5.13. The Balaban J connectivity index is 0.00000363. The van der Waals surface area contributed by atoms with E-state index in [4.69, 9.17) is 21.3 Å². The Kier molecular flexibility index (Phi) is 10.4. The molecule has 1 atom stereocenters. The van der Waals surface area contributed by atoms with Crippen LogP contribution >= 0.6 is 35.6 Å². The van der Waals surface area contributed by atoms with E-state index in [1.165, 1.54) is 0 Å². The summed E-state index contributed by atoms with van der Waals surface area (Å²) in [5, 5.41) is 7.40. The summed E-state index contributed by atoms with van der Waals surface area (Å²) in [5.41, 5.74) is 2.22. The van der Waals surface area contributed by atoms with Gasteiger partial charge in [0.05, 0.1) is 20.2 Å². The molecule has 1 saturated heterocycles. The number of nitrogens with one attached hydrogen (secondary N) is 2. The van der Waals surface area contributed by atoms with Gasteiger partial charge in [-0.3, -0.25) is 4.79 Å². The van der Waals surface area contributed by atoms with E-state index < -0.39 is 0 Å². The Bertz CT molecular complexity index is 890. The molecule has 0 saturated carbocycles. The van der Waals surface area contributed by atoms with Crippen LogP contribution in [0.5, 0.6) is 5.75 Å². The number of anilines is 1. The van der Waals surface area contributed by atoms with Gasteiger partial charge < -0.3 is 25.2 Å². The lowest BCUT2D eigenvalue weighted by atomic mass is 10.2. The first-order valence-corrected chi connectivity index (χ1v) is 10.7. The first-order chi connectivity index (χ1) is 14.9. The van der Waals surface area contributed by atoms with Crippen molar-refractivity contribution in [2.75, 3.05) is 45.7 Å². The molecule has 0 radical (unpaired) electrons. The second kappa shape index (κ2) is 12.7. The standard InChI is InChI=1S/C23H30ClN5O2.HI/c1-28(2)22(30)15-26-23(25-14-17-4-10-21(31-3)11-5-17)27-19-12-13-29(16-19)20-8-6-18(24)7-9-20;/h4-11,19H,12-16H2,1-3H3,(H2,25,26,27);1H. The highest BCUT2D eigenvalue weighted by Gasteiger charge is 2.23. The van der Waals surface area contributed by atoms with Crippen LogP contribution < -0.4 is 20.3 Å². The number of hydrogen-bond donors (Lipinski definition) is 2. The number of aliphatic imine (C=N–C) groups is 1. The number of guanidine groups is 1. The number of hydrogen-bond acceptors (Lipinski definition) is 4. The highest BCUT2D eigenvalue weighted by molar-refractivity contribution is 14.0. The smallest absolute Gasteiger partial charge is 0.241 e. The van der Waals surface area contributed by atoms with Crippen molar-refractivity contribution in [2.24, 2.45) is 4.99 Å². The van der Waals surface area contributed by atoms with Crippen molar-refractivity contribution in [1.82, 2.24) is 15.5 Å². The fourth-order valence-electron chi connectivity index (χ4n) is 3.33. The van der Waals surface area contributed by atoms with Gasteiger partial charge in [0.25, 0.3) is 0 Å². The molecule has 2 N–H and O–H groups in total. The largest absolute Gasteiger partial charge is 0.497 e. The second-order valence-electron chi connectivity index (χ2n) is 7.71. The van der Waals surface area contributed by atoms with E-state index in [1.807, 2.05) is 48.5 Å². The van der Waals surface area contributed by atoms with Crippen LogP contribution in [-0.4, -0.2) is 63.6 Å². The molecule has 1 heterocycles. The molecule has 0 bridgehead atoms. The summed E-state index contributed by atoms with van der Waals surface area (Å²) in [5.74, 6) is 1.44. The summed E-state index contributed by atoms with van der Waals surface area (Å²) < 4.78 is 5.21. The van der Waals surface area contributed by atoms with Crippen molar-refractivity contribution in [3.05, 3.63) is 59.1 Å². The predicted molar refractivity (Wildman–Crippen MR) is 141 cm³/mol. The van der Waals surface area contributed by atoms with Crippen molar-refractivity contribution >= 4 is 53.1 Å². The maximum Gasteiger partial charge on any atom is 0.241 e. The number of benzene rings is 2. The maximum absolute atomic E-state index is 12.0. The summed E-state index contributed by atoms with van der Waals surface area (Å²) >= 11 is 6.01. The number of halogens is 2. The molecule has 32 heavy (non-hydrogen) atoms. The van der Waals surface area contributed by atoms with Crippen molar-refractivity contribution in [2.45, 2.75) is 19.0 Å². The maximum atomic E-state index is 12.0. The molecule has 3 rings (SSSR count). The lowest BCUT2D eigenvalue weighted by Crippen LogP contribution is -2.47. The normalized spacial score (nSPS) is 15.7. The highest BCUT2D eigenvalue weighted by atomic mass is 127. The minimum atomic E-state index is -0.00633. The number of nitrogens with zero attached hydrogens (tertiary/aromatic N) is 3. The zero-order chi connectivity index (χ0) is 22.2. The van der Waals surface area contributed by atoms with Crippen molar-refractivity contribution in [3.8, 4) is 5.75 Å². The van der Waals surface area contributed by atoms with Gasteiger partial charge in [0.15, 0.2) is 5.96 Å². The average Bonchev–Trinajstić information content (AvgIpc) is 3.24. The topological polar surface area (TPSA) is 69.2 Å². The minimum absolute atomic E-state index is 0. The summed E-state index contributed by atoms with van der Waals surface area (Å²) in [4.78, 5) is 20.6. The highest BCUT2D eigenvalue weighted by Crippen LogP contribution is 2.22. The Morgan fingerprint density at radius 1 is 1.19 bits per heavy atom. The molecule has 2 aromatic rings. The molecular formula is C23H31ClIN5O2. The van der Waals surface area contributed by atoms with Gasteiger partial charge in [-0.05, 0) is 48.4 Å². The third kappa shape index (κ3) is 7.74. The number of ether oxygens (including phenoxy) is 1. The Morgan fingerprint density at radius 3 is 2.50 bits per heavy atom. The van der Waals surface area contributed by atoms with Crippen LogP contribution in [0.1, 0.15) is 12.0 Å². The number of methoxy groups -OCH3 is 1. The quantitative estimate of drug-likeness (QED) is 0.303. The summed E-state index contributed by atoms with van der Waals surface area (Å²) in [6.07, 6.45) is 0.980. The molecule has 9 heteroatoms. The van der Waals surface area contributed by atoms with Gasteiger partial charge in [0, 0.05) is 43.9 Å². The van der Waals surface area contributed by atoms with E-state index in [0.29, 0.717) is 12.5 Å². The SMILES string of the molecule is COc1ccc(CN=C(NCC(=O)N(C)C)NC2CCN(c3ccc(Cl)cc3)C2)cc1.I. The molecule has 0 spiro atoms. The molecule has 174 valence electrons. The van der Waals surface area contributed by atoms with Gasteiger partial charge in [-0.15, -0.1) is 24.0 Å². The first kappa shape index (κ1) is 26.1. The lowest BCUT2D eigenvalue weighted by molar-refractivity contribution is -0.127. The van der Waals surface area contributed by atoms with Gasteiger partial charge in [-0.25, -0.2) is 4.99 Å². The van der Waals surface area contributed by atoms with E-state index in [0.717, 1.165) is 41.5 Å². The van der Waals surface area contributed by atoms with Gasteiger partial charge in [0.1, 0.15) is 5.75 Å². The van der Waals surface area contributed by atoms with Crippen LogP contribution in [0.2, 0.25) is 5.02 Å². The number of rotatable bonds is 7. The van der Waals surface area contributed by atoms with Crippen LogP contribution in [0.3, 0.4) is 0 Å². The lowest BCUT2D eigenvalue weighted by Gasteiger charge is -2.21. The van der Waals surface area contributed by atoms with E-state index >= 15 is 0 Å². The van der Waals surface area contributed by atoms with Crippen LogP contribution in [-0.2, 0) is 11.3 Å². The Morgan fingerprint density at radius 2 is 1.88 bits per heavy atom. The predicted octanol–water partition coefficient (Wildman–Crippen LogP) is 3.37. The first-order valence-electron chi connectivity index (χ1n) is 10.3. The number of amides is 1. The third-order valence-electron chi connectivity index (χ3n) is 5.21. The van der Waals surface area contributed by atoms with Crippen LogP contribution in [0, 0.1) is 0 Å². The Labute approximate surface area is 212 Å². The summed E-state index contributed by atoms with van der Waals surface area (Å²) in [6, 6.07) is 15.9. The molecule has 2 aromatic carbocycles. The second-order valence-corrected chi connectivity index (χ2v) is 8.14. The molecule has 0 aliphatic carbocycles. The summed E-state index contributed by atoms with van der Waals surface area (Å²) in [6.45, 7) is 2.49. The van der Waals surface area contributed by atoms with Gasteiger partial charge in [-0.1, -0.05) is 23.7 Å². The van der Waals surface area contributed by atoms with Crippen molar-refractivity contribution in [1.29, 1.82) is 0 Å². The molecule has 1 aliphatic heterocycles. The molecule has 1 unspecified atom stereocenters. The number of carbonyl (C=O) groups excluding carboxylic acids is 1. The minimum Gasteiger partial charge on any atom is -0.497 e. The van der Waals surface area contributed by atoms with Crippen molar-refractivity contribution in [3.63, 3.8) is 0 Å². The van der Waals surface area contributed by atoms with E-state index in [2.05, 4.69) is 15.5 Å². The fraction of sp³-hybridized carbons (Fsp3) is 0.391. The van der Waals surface area contributed by atoms with Gasteiger partial charge >= 0.3 is 0 Å². The van der Waals surface area contributed by atoms with Crippen molar-refractivity contribution < 1.29 is 9.53 Å². The third-order valence-corrected chi connectivity index (χ3v) is 5.46. The monoisotopic (exact) mass is 571 g/mol.